The fourth-order valence-electron chi connectivity index (χ4n) is 3.50. The minimum atomic E-state index is -0.390. The van der Waals surface area contributed by atoms with E-state index in [0.29, 0.717) is 36.6 Å². The number of hydrogen-bond acceptors (Lipinski definition) is 5. The Kier molecular flexibility index (Phi) is 6.57. The van der Waals surface area contributed by atoms with Gasteiger partial charge >= 0.3 is 0 Å². The second kappa shape index (κ2) is 9.70. The van der Waals surface area contributed by atoms with Crippen molar-refractivity contribution in [3.05, 3.63) is 77.1 Å². The summed E-state index contributed by atoms with van der Waals surface area (Å²) in [5.74, 6) is -0.606. The maximum Gasteiger partial charge on any atom is 0.257 e. The molecule has 160 valence electrons. The highest BCUT2D eigenvalue weighted by molar-refractivity contribution is 7.14. The van der Waals surface area contributed by atoms with Crippen molar-refractivity contribution in [2.75, 3.05) is 36.4 Å². The monoisotopic (exact) mass is 438 g/mol. The van der Waals surface area contributed by atoms with Crippen molar-refractivity contribution >= 4 is 34.0 Å². The summed E-state index contributed by atoms with van der Waals surface area (Å²) in [6.07, 6.45) is 0.918. The summed E-state index contributed by atoms with van der Waals surface area (Å²) in [4.78, 5) is 33.4. The van der Waals surface area contributed by atoms with Crippen molar-refractivity contribution in [3.63, 3.8) is 0 Å². The molecule has 2 aromatic carbocycles. The molecule has 0 radical (unpaired) electrons. The zero-order valence-electron chi connectivity index (χ0n) is 17.0. The Balaban J connectivity index is 1.23. The van der Waals surface area contributed by atoms with E-state index in [9.17, 15) is 14.0 Å². The lowest BCUT2D eigenvalue weighted by Gasteiger charge is -2.36. The molecule has 0 unspecified atom stereocenters. The molecule has 4 rings (SSSR count). The summed E-state index contributed by atoms with van der Waals surface area (Å²) in [5, 5.41) is 5.03. The maximum atomic E-state index is 13.0. The van der Waals surface area contributed by atoms with E-state index in [0.717, 1.165) is 18.8 Å². The first-order chi connectivity index (χ1) is 15.1. The third kappa shape index (κ3) is 5.46. The summed E-state index contributed by atoms with van der Waals surface area (Å²) >= 11 is 1.31. The molecule has 1 aromatic heterocycles. The predicted molar refractivity (Wildman–Crippen MR) is 120 cm³/mol. The van der Waals surface area contributed by atoms with Crippen LogP contribution in [0.3, 0.4) is 0 Å². The number of amides is 2. The summed E-state index contributed by atoms with van der Waals surface area (Å²) in [6.45, 7) is 3.07. The molecule has 0 atom stereocenters. The summed E-state index contributed by atoms with van der Waals surface area (Å²) < 4.78 is 13.0. The van der Waals surface area contributed by atoms with E-state index < -0.39 is 0 Å². The van der Waals surface area contributed by atoms with Gasteiger partial charge < -0.3 is 9.80 Å². The summed E-state index contributed by atoms with van der Waals surface area (Å²) in [6, 6.07) is 15.6. The Morgan fingerprint density at radius 3 is 2.42 bits per heavy atom. The number of anilines is 2. The number of aryl methyl sites for hydroxylation is 1. The Hall–Kier alpha value is -3.26. The smallest absolute Gasteiger partial charge is 0.257 e. The molecule has 1 aliphatic heterocycles. The number of carbonyl (C=O) groups excluding carboxylic acids is 2. The van der Waals surface area contributed by atoms with Crippen LogP contribution in [-0.2, 0) is 11.2 Å². The fraction of sp³-hybridized carbons (Fsp3) is 0.261. The lowest BCUT2D eigenvalue weighted by molar-refractivity contribution is -0.131. The van der Waals surface area contributed by atoms with E-state index in [2.05, 4.69) is 27.3 Å². The van der Waals surface area contributed by atoms with Crippen molar-refractivity contribution in [1.82, 2.24) is 9.88 Å². The van der Waals surface area contributed by atoms with Gasteiger partial charge in [-0.3, -0.25) is 14.9 Å². The highest BCUT2D eigenvalue weighted by Crippen LogP contribution is 2.19. The number of nitrogens with zero attached hydrogens (tertiary/aromatic N) is 3. The topological polar surface area (TPSA) is 65.5 Å². The number of thiazole rings is 1. The van der Waals surface area contributed by atoms with E-state index in [1.165, 1.54) is 41.3 Å². The molecular formula is C23H23FN4O2S. The van der Waals surface area contributed by atoms with Crippen LogP contribution >= 0.6 is 11.3 Å². The third-order valence-electron chi connectivity index (χ3n) is 5.23. The van der Waals surface area contributed by atoms with Crippen LogP contribution in [0.1, 0.15) is 22.5 Å². The van der Waals surface area contributed by atoms with E-state index in [1.807, 2.05) is 28.5 Å². The lowest BCUT2D eigenvalue weighted by atomic mass is 10.2. The van der Waals surface area contributed by atoms with Gasteiger partial charge in [-0.25, -0.2) is 9.37 Å². The molecule has 6 nitrogen and oxygen atoms in total. The van der Waals surface area contributed by atoms with Gasteiger partial charge in [-0.15, -0.1) is 11.3 Å². The van der Waals surface area contributed by atoms with Gasteiger partial charge in [0.15, 0.2) is 5.13 Å². The van der Waals surface area contributed by atoms with Crippen molar-refractivity contribution in [3.8, 4) is 0 Å². The second-order valence-electron chi connectivity index (χ2n) is 7.31. The highest BCUT2D eigenvalue weighted by Gasteiger charge is 2.21. The van der Waals surface area contributed by atoms with Gasteiger partial charge in [-0.1, -0.05) is 18.2 Å². The Morgan fingerprint density at radius 1 is 1.00 bits per heavy atom. The lowest BCUT2D eigenvalue weighted by Crippen LogP contribution is -2.48. The fourth-order valence-corrected chi connectivity index (χ4v) is 4.24. The zero-order valence-corrected chi connectivity index (χ0v) is 17.8. The number of nitrogens with one attached hydrogen (secondary N) is 1. The third-order valence-corrected chi connectivity index (χ3v) is 6.03. The molecule has 1 fully saturated rings. The number of hydrogen-bond donors (Lipinski definition) is 1. The van der Waals surface area contributed by atoms with Gasteiger partial charge in [-0.05, 0) is 42.8 Å². The maximum absolute atomic E-state index is 13.0. The first-order valence-corrected chi connectivity index (χ1v) is 11.1. The number of halogens is 1. The summed E-state index contributed by atoms with van der Waals surface area (Å²) in [5.41, 5.74) is 2.32. The quantitative estimate of drug-likeness (QED) is 0.636. The average Bonchev–Trinajstić information content (AvgIpc) is 3.26. The van der Waals surface area contributed by atoms with Crippen LogP contribution in [0.25, 0.3) is 0 Å². The first-order valence-electron chi connectivity index (χ1n) is 10.2. The molecule has 2 heterocycles. The predicted octanol–water partition coefficient (Wildman–Crippen LogP) is 3.82. The van der Waals surface area contributed by atoms with Crippen LogP contribution in [0.15, 0.2) is 60.0 Å². The molecule has 3 aromatic rings. The van der Waals surface area contributed by atoms with E-state index >= 15 is 0 Å². The van der Waals surface area contributed by atoms with E-state index in [-0.39, 0.29) is 17.6 Å². The largest absolute Gasteiger partial charge is 0.368 e. The minimum absolute atomic E-state index is 0.123. The molecule has 0 spiro atoms. The number of aromatic nitrogens is 1. The van der Waals surface area contributed by atoms with Crippen LogP contribution in [0.4, 0.5) is 15.2 Å². The summed E-state index contributed by atoms with van der Waals surface area (Å²) in [7, 11) is 0. The van der Waals surface area contributed by atoms with E-state index in [4.69, 9.17) is 0 Å². The first kappa shape index (κ1) is 21.0. The molecule has 0 bridgehead atoms. The van der Waals surface area contributed by atoms with Crippen molar-refractivity contribution in [2.45, 2.75) is 12.8 Å². The highest BCUT2D eigenvalue weighted by atomic mass is 32.1. The number of para-hydroxylation sites is 1. The molecule has 2 amide bonds. The molecular weight excluding hydrogens is 415 g/mol. The van der Waals surface area contributed by atoms with Crippen LogP contribution in [0, 0.1) is 5.82 Å². The zero-order chi connectivity index (χ0) is 21.6. The van der Waals surface area contributed by atoms with Crippen LogP contribution in [0.5, 0.6) is 0 Å². The standard InChI is InChI=1S/C23H23FN4O2S/c24-18-8-6-17(7-9-18)22(30)26-23-25-19(16-31-23)10-11-21(29)28-14-12-27(13-15-28)20-4-2-1-3-5-20/h1-9,16H,10-15H2,(H,25,26,30). The van der Waals surface area contributed by atoms with Gasteiger partial charge in [0, 0.05) is 49.2 Å². The molecule has 1 aliphatic rings. The van der Waals surface area contributed by atoms with Crippen molar-refractivity contribution < 1.29 is 14.0 Å². The molecule has 31 heavy (non-hydrogen) atoms. The average molecular weight is 439 g/mol. The van der Waals surface area contributed by atoms with Crippen LogP contribution in [0.2, 0.25) is 0 Å². The number of benzene rings is 2. The minimum Gasteiger partial charge on any atom is -0.368 e. The van der Waals surface area contributed by atoms with E-state index in [1.54, 1.807) is 0 Å². The number of rotatable bonds is 6. The van der Waals surface area contributed by atoms with Gasteiger partial charge in [0.25, 0.3) is 5.91 Å². The molecule has 1 N–H and O–H groups in total. The molecule has 8 heteroatoms. The van der Waals surface area contributed by atoms with Gasteiger partial charge in [0.2, 0.25) is 5.91 Å². The number of piperazine rings is 1. The van der Waals surface area contributed by atoms with Crippen LogP contribution in [-0.4, -0.2) is 47.9 Å². The molecule has 1 saturated heterocycles. The molecule has 0 saturated carbocycles. The van der Waals surface area contributed by atoms with Crippen LogP contribution < -0.4 is 10.2 Å². The SMILES string of the molecule is O=C(Nc1nc(CCC(=O)N2CCN(c3ccccc3)CC2)cs1)c1ccc(F)cc1. The Morgan fingerprint density at radius 2 is 1.71 bits per heavy atom. The van der Waals surface area contributed by atoms with Crippen molar-refractivity contribution in [1.29, 1.82) is 0 Å². The van der Waals surface area contributed by atoms with Gasteiger partial charge in [-0.2, -0.15) is 0 Å². The normalized spacial score (nSPS) is 13.8. The Labute approximate surface area is 184 Å². The number of carbonyl (C=O) groups is 2. The van der Waals surface area contributed by atoms with Crippen molar-refractivity contribution in [2.24, 2.45) is 0 Å². The van der Waals surface area contributed by atoms with Gasteiger partial charge in [0.05, 0.1) is 5.69 Å². The Bertz CT molecular complexity index is 1030. The van der Waals surface area contributed by atoms with Gasteiger partial charge in [0.1, 0.15) is 5.82 Å². The second-order valence-corrected chi connectivity index (χ2v) is 8.17. The molecule has 0 aliphatic carbocycles.